The molecule has 84 valence electrons. The molecule has 16 heavy (non-hydrogen) atoms. The van der Waals surface area contributed by atoms with Crippen LogP contribution in [-0.2, 0) is 0 Å². The van der Waals surface area contributed by atoms with E-state index < -0.39 is 0 Å². The molecule has 0 unspecified atom stereocenters. The average Bonchev–Trinajstić information content (AvgIpc) is 2.43. The predicted molar refractivity (Wildman–Crippen MR) is 65.6 cm³/mol. The van der Waals surface area contributed by atoms with Gasteiger partial charge in [-0.1, -0.05) is 23.2 Å². The molecule has 0 spiro atoms. The highest BCUT2D eigenvalue weighted by molar-refractivity contribution is 6.36. The van der Waals surface area contributed by atoms with E-state index in [1.165, 1.54) is 10.7 Å². The summed E-state index contributed by atoms with van der Waals surface area (Å²) in [6, 6.07) is 4.62. The maximum atomic E-state index is 11.2. The Morgan fingerprint density at radius 3 is 2.50 bits per heavy atom. The maximum Gasteiger partial charge on any atom is 0.264 e. The van der Waals surface area contributed by atoms with Crippen molar-refractivity contribution in [3.05, 3.63) is 44.3 Å². The number of hydrogen-bond acceptors (Lipinski definition) is 2. The number of H-pyrrole nitrogens is 1. The van der Waals surface area contributed by atoms with E-state index >= 15 is 0 Å². The third-order valence-electron chi connectivity index (χ3n) is 2.20. The van der Waals surface area contributed by atoms with Crippen LogP contribution in [0.25, 0.3) is 5.69 Å². The molecule has 2 rings (SSSR count). The largest absolute Gasteiger partial charge is 0.397 e. The van der Waals surface area contributed by atoms with Crippen LogP contribution in [0.1, 0.15) is 5.69 Å². The number of benzene rings is 1. The van der Waals surface area contributed by atoms with Crippen molar-refractivity contribution in [2.45, 2.75) is 6.92 Å². The number of halogens is 2. The van der Waals surface area contributed by atoms with Crippen molar-refractivity contribution in [1.82, 2.24) is 9.78 Å². The number of nitrogen functional groups attached to an aromatic ring is 1. The molecule has 0 bridgehead atoms. The molecule has 0 aliphatic rings. The second-order valence-corrected chi connectivity index (χ2v) is 4.27. The van der Waals surface area contributed by atoms with Crippen molar-refractivity contribution < 1.29 is 0 Å². The summed E-state index contributed by atoms with van der Waals surface area (Å²) in [6.07, 6.45) is 0. The molecule has 1 heterocycles. The zero-order valence-electron chi connectivity index (χ0n) is 8.42. The van der Waals surface area contributed by atoms with Crippen LogP contribution in [0.5, 0.6) is 0 Å². The summed E-state index contributed by atoms with van der Waals surface area (Å²) in [5, 5.41) is 3.46. The van der Waals surface area contributed by atoms with Crippen molar-refractivity contribution >= 4 is 28.9 Å². The van der Waals surface area contributed by atoms with Crippen LogP contribution >= 0.6 is 23.2 Å². The zero-order valence-corrected chi connectivity index (χ0v) is 9.93. The fraction of sp³-hybridized carbons (Fsp3) is 0.100. The molecule has 0 saturated carbocycles. The molecule has 0 aliphatic carbocycles. The zero-order chi connectivity index (χ0) is 11.9. The molecule has 6 heteroatoms. The Bertz CT molecular complexity index is 577. The second-order valence-electron chi connectivity index (χ2n) is 3.42. The van der Waals surface area contributed by atoms with Gasteiger partial charge in [-0.05, 0) is 19.1 Å². The first kappa shape index (κ1) is 11.1. The van der Waals surface area contributed by atoms with Crippen molar-refractivity contribution in [2.75, 3.05) is 5.73 Å². The average molecular weight is 258 g/mol. The van der Waals surface area contributed by atoms with Gasteiger partial charge in [0.1, 0.15) is 5.69 Å². The van der Waals surface area contributed by atoms with Crippen LogP contribution in [0.15, 0.2) is 23.0 Å². The molecular weight excluding hydrogens is 249 g/mol. The first-order valence-electron chi connectivity index (χ1n) is 4.52. The van der Waals surface area contributed by atoms with Gasteiger partial charge in [-0.2, -0.15) is 0 Å². The molecule has 0 atom stereocenters. The smallest absolute Gasteiger partial charge is 0.264 e. The van der Waals surface area contributed by atoms with Gasteiger partial charge in [0.05, 0.1) is 10.7 Å². The first-order chi connectivity index (χ1) is 7.49. The van der Waals surface area contributed by atoms with E-state index in [1.54, 1.807) is 19.1 Å². The van der Waals surface area contributed by atoms with Crippen molar-refractivity contribution in [3.63, 3.8) is 0 Å². The lowest BCUT2D eigenvalue weighted by molar-refractivity contribution is 0.837. The van der Waals surface area contributed by atoms with Crippen molar-refractivity contribution in [3.8, 4) is 5.69 Å². The number of nitrogens with zero attached hydrogens (tertiary/aromatic N) is 1. The molecule has 3 N–H and O–H groups in total. The lowest BCUT2D eigenvalue weighted by atomic mass is 10.2. The van der Waals surface area contributed by atoms with E-state index in [1.807, 2.05) is 0 Å². The quantitative estimate of drug-likeness (QED) is 0.771. The Balaban J connectivity index is 2.74. The maximum absolute atomic E-state index is 11.2. The number of nitrogens with one attached hydrogen (secondary N) is 1. The summed E-state index contributed by atoms with van der Waals surface area (Å²) >= 11 is 11.9. The number of aromatic nitrogens is 2. The summed E-state index contributed by atoms with van der Waals surface area (Å²) in [4.78, 5) is 11.2. The summed E-state index contributed by atoms with van der Waals surface area (Å²) < 4.78 is 1.54. The van der Waals surface area contributed by atoms with Gasteiger partial charge in [0.2, 0.25) is 0 Å². The first-order valence-corrected chi connectivity index (χ1v) is 5.28. The Morgan fingerprint density at radius 2 is 2.00 bits per heavy atom. The molecule has 1 aromatic carbocycles. The van der Waals surface area contributed by atoms with E-state index in [-0.39, 0.29) is 5.56 Å². The van der Waals surface area contributed by atoms with Crippen LogP contribution in [0.2, 0.25) is 10.0 Å². The highest BCUT2D eigenvalue weighted by Crippen LogP contribution is 2.30. The molecule has 0 saturated heterocycles. The van der Waals surface area contributed by atoms with Gasteiger partial charge in [-0.25, -0.2) is 0 Å². The molecule has 0 fully saturated rings. The summed E-state index contributed by atoms with van der Waals surface area (Å²) in [6.45, 7) is 1.78. The Kier molecular flexibility index (Phi) is 2.69. The fourth-order valence-electron chi connectivity index (χ4n) is 1.54. The topological polar surface area (TPSA) is 63.8 Å². The minimum Gasteiger partial charge on any atom is -0.397 e. The van der Waals surface area contributed by atoms with Crippen molar-refractivity contribution in [2.24, 2.45) is 0 Å². The van der Waals surface area contributed by atoms with Gasteiger partial charge in [-0.15, -0.1) is 0 Å². The number of aromatic amines is 1. The molecule has 1 aromatic heterocycles. The van der Waals surface area contributed by atoms with Crippen molar-refractivity contribution in [1.29, 1.82) is 0 Å². The van der Waals surface area contributed by atoms with Crippen LogP contribution in [0.4, 0.5) is 5.69 Å². The summed E-state index contributed by atoms with van der Waals surface area (Å²) in [5.41, 5.74) is 7.28. The SMILES string of the molecule is Cc1cc(=O)[nH]n1-c1c(N)cc(Cl)cc1Cl. The minimum absolute atomic E-state index is 0.206. The standard InChI is InChI=1S/C10H9Cl2N3O/c1-5-2-9(16)14-15(5)10-7(12)3-6(11)4-8(10)13/h2-4H,13H2,1H3,(H,14,16). The third kappa shape index (κ3) is 1.81. The normalized spacial score (nSPS) is 10.7. The number of hydrogen-bond donors (Lipinski definition) is 2. The van der Waals surface area contributed by atoms with Crippen LogP contribution in [0.3, 0.4) is 0 Å². The highest BCUT2D eigenvalue weighted by atomic mass is 35.5. The predicted octanol–water partition coefficient (Wildman–Crippen LogP) is 2.36. The second kappa shape index (κ2) is 3.88. The highest BCUT2D eigenvalue weighted by Gasteiger charge is 2.11. The van der Waals surface area contributed by atoms with Crippen LogP contribution < -0.4 is 11.3 Å². The molecular formula is C10H9Cl2N3O. The number of aryl methyl sites for hydroxylation is 1. The van der Waals surface area contributed by atoms with E-state index in [4.69, 9.17) is 28.9 Å². The Labute approximate surface area is 102 Å². The van der Waals surface area contributed by atoms with Gasteiger partial charge < -0.3 is 5.73 Å². The van der Waals surface area contributed by atoms with E-state index in [9.17, 15) is 4.79 Å². The third-order valence-corrected chi connectivity index (χ3v) is 2.70. The molecule has 2 aromatic rings. The number of nitrogens with two attached hydrogens (primary N) is 1. The number of anilines is 1. The summed E-state index contributed by atoms with van der Waals surface area (Å²) in [5.74, 6) is 0. The molecule has 0 radical (unpaired) electrons. The molecule has 0 amide bonds. The van der Waals surface area contributed by atoms with Gasteiger partial charge in [0.25, 0.3) is 5.56 Å². The van der Waals surface area contributed by atoms with Gasteiger partial charge in [0.15, 0.2) is 0 Å². The summed E-state index contributed by atoms with van der Waals surface area (Å²) in [7, 11) is 0. The van der Waals surface area contributed by atoms with Crippen LogP contribution in [-0.4, -0.2) is 9.78 Å². The van der Waals surface area contributed by atoms with E-state index in [2.05, 4.69) is 5.10 Å². The van der Waals surface area contributed by atoms with E-state index in [0.717, 1.165) is 5.69 Å². The molecule has 4 nitrogen and oxygen atoms in total. The molecule has 0 aliphatic heterocycles. The lowest BCUT2D eigenvalue weighted by Gasteiger charge is -2.11. The van der Waals surface area contributed by atoms with Gasteiger partial charge in [0, 0.05) is 16.8 Å². The minimum atomic E-state index is -0.206. The van der Waals surface area contributed by atoms with Gasteiger partial charge in [-0.3, -0.25) is 14.6 Å². The van der Waals surface area contributed by atoms with Crippen LogP contribution in [0, 0.1) is 6.92 Å². The Morgan fingerprint density at radius 1 is 1.31 bits per heavy atom. The van der Waals surface area contributed by atoms with Gasteiger partial charge >= 0.3 is 0 Å². The number of rotatable bonds is 1. The van der Waals surface area contributed by atoms with E-state index in [0.29, 0.717) is 21.4 Å². The Hall–Kier alpha value is -1.39. The lowest BCUT2D eigenvalue weighted by Crippen LogP contribution is -2.07. The fourth-order valence-corrected chi connectivity index (χ4v) is 2.13. The monoisotopic (exact) mass is 257 g/mol.